The Hall–Kier alpha value is -9.78. The molecule has 11 rings (SSSR count). The number of nitrogens with two attached hydrogens (primary N) is 2. The van der Waals surface area contributed by atoms with Crippen molar-refractivity contribution in [2.75, 3.05) is 31.1 Å². The summed E-state index contributed by atoms with van der Waals surface area (Å²) in [6.07, 6.45) is 0. The van der Waals surface area contributed by atoms with Crippen molar-refractivity contribution in [1.82, 2.24) is 0 Å². The number of nitrogens with zero attached hydrogens (tertiary/aromatic N) is 4. The van der Waals surface area contributed by atoms with E-state index < -0.39 is 0 Å². The van der Waals surface area contributed by atoms with Crippen LogP contribution in [0.3, 0.4) is 0 Å². The van der Waals surface area contributed by atoms with E-state index in [1.54, 1.807) is 12.1 Å². The third-order valence-corrected chi connectivity index (χ3v) is 13.0. The van der Waals surface area contributed by atoms with Gasteiger partial charge in [-0.05, 0) is 185 Å². The molecule has 0 aliphatic heterocycles. The van der Waals surface area contributed by atoms with Crippen LogP contribution < -0.4 is 31.1 Å². The van der Waals surface area contributed by atoms with E-state index in [4.69, 9.17) is 11.5 Å². The Balaban J connectivity index is 0.000000162. The van der Waals surface area contributed by atoms with Gasteiger partial charge in [-0.2, -0.15) is 0 Å². The highest BCUT2D eigenvalue weighted by atomic mass is 15.2. The van der Waals surface area contributed by atoms with E-state index in [-0.39, 0.29) is 0 Å². The predicted octanol–water partition coefficient (Wildman–Crippen LogP) is 19.3. The first-order valence-corrected chi connectivity index (χ1v) is 25.7. The van der Waals surface area contributed by atoms with E-state index in [0.717, 1.165) is 68.2 Å². The number of rotatable bonds is 12. The van der Waals surface area contributed by atoms with Gasteiger partial charge in [0.15, 0.2) is 0 Å². The van der Waals surface area contributed by atoms with Crippen molar-refractivity contribution in [2.45, 2.75) is 27.7 Å². The molecule has 374 valence electrons. The van der Waals surface area contributed by atoms with Gasteiger partial charge in [0.1, 0.15) is 0 Å². The first kappa shape index (κ1) is 51.1. The molecule has 0 saturated heterocycles. The van der Waals surface area contributed by atoms with Crippen LogP contribution in [0.2, 0.25) is 0 Å². The summed E-state index contributed by atoms with van der Waals surface area (Å²) in [6.45, 7) is 8.48. The molecular weight excluding hydrogens is 925 g/mol. The molecule has 0 unspecified atom stereocenters. The molecule has 0 aromatic heterocycles. The highest BCUT2D eigenvalue weighted by molar-refractivity contribution is 5.83. The Morgan fingerprint density at radius 1 is 0.171 bits per heavy atom. The maximum atomic E-state index is 5.39. The maximum Gasteiger partial charge on any atom is 0.0547 e. The van der Waals surface area contributed by atoms with Gasteiger partial charge in [-0.3, -0.25) is 0 Å². The van der Waals surface area contributed by atoms with Crippen LogP contribution in [0.15, 0.2) is 291 Å². The summed E-state index contributed by atoms with van der Waals surface area (Å²) in [5.74, 6) is 0. The van der Waals surface area contributed by atoms with Crippen molar-refractivity contribution in [3.05, 3.63) is 313 Å². The van der Waals surface area contributed by atoms with Crippen molar-refractivity contribution < 1.29 is 0 Å². The van der Waals surface area contributed by atoms with Gasteiger partial charge in [0, 0.05) is 68.2 Å². The number of benzene rings is 11. The topological polar surface area (TPSA) is 65.0 Å². The lowest BCUT2D eigenvalue weighted by molar-refractivity contribution is 1.25. The number of hydrogen-bond donors (Lipinski definition) is 2. The fourth-order valence-corrected chi connectivity index (χ4v) is 8.88. The Morgan fingerprint density at radius 2 is 0.303 bits per heavy atom. The molecule has 0 aliphatic carbocycles. The Labute approximate surface area is 449 Å². The van der Waals surface area contributed by atoms with Gasteiger partial charge < -0.3 is 31.1 Å². The summed E-state index contributed by atoms with van der Waals surface area (Å²) < 4.78 is 0. The van der Waals surface area contributed by atoms with Crippen molar-refractivity contribution in [3.8, 4) is 0 Å². The third kappa shape index (κ3) is 12.9. The van der Waals surface area contributed by atoms with Crippen LogP contribution in [0, 0.1) is 27.7 Å². The molecule has 0 atom stereocenters. The molecule has 0 saturated carbocycles. The molecule has 0 bridgehead atoms. The van der Waals surface area contributed by atoms with Crippen LogP contribution in [-0.4, -0.2) is 0 Å². The molecule has 0 radical (unpaired) electrons. The molecule has 11 aromatic carbocycles. The molecular formula is C70H64N6. The lowest BCUT2D eigenvalue weighted by Crippen LogP contribution is -2.12. The minimum absolute atomic E-state index is 0.646. The lowest BCUT2D eigenvalue weighted by atomic mass is 10.1. The first-order valence-electron chi connectivity index (χ1n) is 25.7. The van der Waals surface area contributed by atoms with Crippen molar-refractivity contribution >= 4 is 79.6 Å². The van der Waals surface area contributed by atoms with E-state index in [1.165, 1.54) is 22.3 Å². The summed E-state index contributed by atoms with van der Waals surface area (Å²) in [5.41, 5.74) is 30.7. The van der Waals surface area contributed by atoms with Gasteiger partial charge >= 0.3 is 0 Å². The summed E-state index contributed by atoms with van der Waals surface area (Å²) in [5, 5.41) is 0. The number of hydrogen-bond acceptors (Lipinski definition) is 6. The molecule has 0 amide bonds. The number of aryl methyl sites for hydroxylation is 4. The van der Waals surface area contributed by atoms with Crippen LogP contribution in [0.1, 0.15) is 22.3 Å². The monoisotopic (exact) mass is 989 g/mol. The fourth-order valence-electron chi connectivity index (χ4n) is 8.88. The smallest absolute Gasteiger partial charge is 0.0547 e. The summed E-state index contributed by atoms with van der Waals surface area (Å²) in [7, 11) is 0. The average molecular weight is 989 g/mol. The lowest BCUT2D eigenvalue weighted by Gasteiger charge is -2.28. The van der Waals surface area contributed by atoms with E-state index in [0.29, 0.717) is 11.4 Å². The van der Waals surface area contributed by atoms with Crippen molar-refractivity contribution in [1.29, 1.82) is 0 Å². The summed E-state index contributed by atoms with van der Waals surface area (Å²) in [6, 6.07) is 102. The highest BCUT2D eigenvalue weighted by Gasteiger charge is 2.18. The predicted molar refractivity (Wildman–Crippen MR) is 326 cm³/mol. The largest absolute Gasteiger partial charge is 0.397 e. The van der Waals surface area contributed by atoms with Crippen molar-refractivity contribution in [3.63, 3.8) is 0 Å². The minimum atomic E-state index is 0.646. The number of nitrogen functional groups attached to an aromatic ring is 2. The zero-order valence-corrected chi connectivity index (χ0v) is 43.7. The van der Waals surface area contributed by atoms with Crippen LogP contribution in [0.4, 0.5) is 79.6 Å². The van der Waals surface area contributed by atoms with Crippen molar-refractivity contribution in [2.24, 2.45) is 0 Å². The van der Waals surface area contributed by atoms with E-state index in [1.807, 2.05) is 12.1 Å². The molecule has 4 N–H and O–H groups in total. The van der Waals surface area contributed by atoms with Gasteiger partial charge in [0.25, 0.3) is 0 Å². The Morgan fingerprint density at radius 3 is 0.461 bits per heavy atom. The zero-order valence-electron chi connectivity index (χ0n) is 43.7. The molecule has 0 fully saturated rings. The molecule has 0 aliphatic rings. The molecule has 6 heteroatoms. The molecule has 0 heterocycles. The molecule has 6 nitrogen and oxygen atoms in total. The van der Waals surface area contributed by atoms with Crippen LogP contribution >= 0.6 is 0 Å². The second-order valence-corrected chi connectivity index (χ2v) is 18.7. The molecule has 11 aromatic rings. The van der Waals surface area contributed by atoms with Crippen LogP contribution in [0.25, 0.3) is 0 Å². The second kappa shape index (κ2) is 24.8. The fraction of sp³-hybridized carbons (Fsp3) is 0.0571. The highest BCUT2D eigenvalue weighted by Crippen LogP contribution is 2.41. The molecule has 0 spiro atoms. The van der Waals surface area contributed by atoms with Gasteiger partial charge in [-0.15, -0.1) is 0 Å². The van der Waals surface area contributed by atoms with Crippen LogP contribution in [-0.2, 0) is 0 Å². The Kier molecular flexibility index (Phi) is 16.7. The minimum Gasteiger partial charge on any atom is -0.397 e. The number of para-hydroxylation sites is 6. The second-order valence-electron chi connectivity index (χ2n) is 18.7. The normalized spacial score (nSPS) is 10.5. The first-order chi connectivity index (χ1) is 37.2. The quantitative estimate of drug-likeness (QED) is 0.119. The summed E-state index contributed by atoms with van der Waals surface area (Å²) >= 11 is 0. The standard InChI is InChI=1S/2C32H28N2.C6H8N2/c2*1-25-13-17-29(18-14-25)33(27-9-5-3-6-10-27)31-21-23-32(24-22-31)34(28-11-7-4-8-12-28)30-19-15-26(2)16-20-30;7-5-3-1-2-4-6(5)8/h2*3-24H,1-2H3;1-4H,7-8H2. The summed E-state index contributed by atoms with van der Waals surface area (Å²) in [4.78, 5) is 9.17. The van der Waals surface area contributed by atoms with Crippen LogP contribution in [0.5, 0.6) is 0 Å². The van der Waals surface area contributed by atoms with Gasteiger partial charge in [-0.25, -0.2) is 0 Å². The van der Waals surface area contributed by atoms with Gasteiger partial charge in [0.05, 0.1) is 11.4 Å². The van der Waals surface area contributed by atoms with E-state index >= 15 is 0 Å². The number of anilines is 14. The zero-order chi connectivity index (χ0) is 52.6. The SMILES string of the molecule is Cc1ccc(N(c2ccccc2)c2ccc(N(c3ccccc3)c3ccc(C)cc3)cc2)cc1.Cc1ccc(N(c2ccccc2)c2ccc(N(c3ccccc3)c3ccc(C)cc3)cc2)cc1.Nc1ccccc1N. The third-order valence-electron chi connectivity index (χ3n) is 13.0. The van der Waals surface area contributed by atoms with E-state index in [2.05, 4.69) is 314 Å². The molecule has 76 heavy (non-hydrogen) atoms. The van der Waals surface area contributed by atoms with E-state index in [9.17, 15) is 0 Å². The maximum absolute atomic E-state index is 5.39. The average Bonchev–Trinajstić information content (AvgIpc) is 3.48. The van der Waals surface area contributed by atoms with Gasteiger partial charge in [0.2, 0.25) is 0 Å². The van der Waals surface area contributed by atoms with Gasteiger partial charge in [-0.1, -0.05) is 156 Å². The Bertz CT molecular complexity index is 3030.